The molecule has 0 spiro atoms. The Morgan fingerprint density at radius 3 is 2.83 bits per heavy atom. The Labute approximate surface area is 144 Å². The van der Waals surface area contributed by atoms with Crippen LogP contribution in [0.25, 0.3) is 0 Å². The van der Waals surface area contributed by atoms with Crippen LogP contribution in [0.4, 0.5) is 5.95 Å². The SMILES string of the molecule is CN1CCN(c2nccc(C(=O)NCCC3=CCCCC3)n2)CC1. The summed E-state index contributed by atoms with van der Waals surface area (Å²) in [4.78, 5) is 25.5. The minimum Gasteiger partial charge on any atom is -0.350 e. The maximum absolute atomic E-state index is 12.3. The number of likely N-dealkylation sites (N-methyl/N-ethyl adjacent to an activating group) is 1. The number of piperazine rings is 1. The topological polar surface area (TPSA) is 61.4 Å². The molecule has 6 heteroatoms. The van der Waals surface area contributed by atoms with E-state index in [-0.39, 0.29) is 5.91 Å². The molecule has 0 atom stereocenters. The van der Waals surface area contributed by atoms with Crippen molar-refractivity contribution in [2.75, 3.05) is 44.7 Å². The van der Waals surface area contributed by atoms with Crippen molar-refractivity contribution >= 4 is 11.9 Å². The number of hydrogen-bond acceptors (Lipinski definition) is 5. The molecule has 3 rings (SSSR count). The number of amides is 1. The zero-order chi connectivity index (χ0) is 16.8. The highest BCUT2D eigenvalue weighted by atomic mass is 16.1. The van der Waals surface area contributed by atoms with Gasteiger partial charge in [-0.1, -0.05) is 11.6 Å². The lowest BCUT2D eigenvalue weighted by atomic mass is 9.97. The van der Waals surface area contributed by atoms with Crippen LogP contribution in [0.15, 0.2) is 23.9 Å². The van der Waals surface area contributed by atoms with E-state index in [4.69, 9.17) is 0 Å². The second-order valence-electron chi connectivity index (χ2n) is 6.65. The quantitative estimate of drug-likeness (QED) is 0.836. The van der Waals surface area contributed by atoms with Gasteiger partial charge in [0.1, 0.15) is 5.69 Å². The van der Waals surface area contributed by atoms with E-state index < -0.39 is 0 Å². The number of aromatic nitrogens is 2. The Hall–Kier alpha value is -1.95. The molecule has 0 bridgehead atoms. The van der Waals surface area contributed by atoms with E-state index in [0.29, 0.717) is 18.2 Å². The summed E-state index contributed by atoms with van der Waals surface area (Å²) in [6.45, 7) is 4.47. The van der Waals surface area contributed by atoms with Crippen LogP contribution in [0.1, 0.15) is 42.6 Å². The molecular weight excluding hydrogens is 302 g/mol. The van der Waals surface area contributed by atoms with Crippen molar-refractivity contribution in [2.45, 2.75) is 32.1 Å². The van der Waals surface area contributed by atoms with Crippen molar-refractivity contribution < 1.29 is 4.79 Å². The molecular formula is C18H27N5O. The molecule has 1 saturated heterocycles. The lowest BCUT2D eigenvalue weighted by molar-refractivity contribution is 0.0949. The summed E-state index contributed by atoms with van der Waals surface area (Å²) in [5.41, 5.74) is 1.93. The molecule has 1 aromatic rings. The predicted molar refractivity (Wildman–Crippen MR) is 95.2 cm³/mol. The second kappa shape index (κ2) is 8.24. The largest absolute Gasteiger partial charge is 0.350 e. The fourth-order valence-corrected chi connectivity index (χ4v) is 3.19. The van der Waals surface area contributed by atoms with Gasteiger partial charge in [-0.25, -0.2) is 9.97 Å². The third kappa shape index (κ3) is 4.54. The standard InChI is InChI=1S/C18H27N5O/c1-22-11-13-23(14-12-22)18-20-10-8-16(21-18)17(24)19-9-7-15-5-3-2-4-6-15/h5,8,10H,2-4,6-7,9,11-14H2,1H3,(H,19,24). The molecule has 0 radical (unpaired) electrons. The number of anilines is 1. The van der Waals surface area contributed by atoms with Gasteiger partial charge in [0.05, 0.1) is 0 Å². The van der Waals surface area contributed by atoms with Gasteiger partial charge in [-0.05, 0) is 45.2 Å². The van der Waals surface area contributed by atoms with Crippen LogP contribution in [-0.2, 0) is 0 Å². The number of nitrogens with one attached hydrogen (secondary N) is 1. The van der Waals surface area contributed by atoms with E-state index >= 15 is 0 Å². The summed E-state index contributed by atoms with van der Waals surface area (Å²) < 4.78 is 0. The second-order valence-corrected chi connectivity index (χ2v) is 6.65. The maximum atomic E-state index is 12.3. The summed E-state index contributed by atoms with van der Waals surface area (Å²) in [7, 11) is 2.11. The Bertz CT molecular complexity index is 593. The Morgan fingerprint density at radius 2 is 2.08 bits per heavy atom. The third-order valence-corrected chi connectivity index (χ3v) is 4.78. The highest BCUT2D eigenvalue weighted by Crippen LogP contribution is 2.19. The Kier molecular flexibility index (Phi) is 5.80. The fourth-order valence-electron chi connectivity index (χ4n) is 3.19. The average molecular weight is 329 g/mol. The molecule has 0 saturated carbocycles. The van der Waals surface area contributed by atoms with Gasteiger partial charge >= 0.3 is 0 Å². The maximum Gasteiger partial charge on any atom is 0.270 e. The van der Waals surface area contributed by atoms with E-state index in [9.17, 15) is 4.79 Å². The molecule has 130 valence electrons. The minimum atomic E-state index is -0.107. The summed E-state index contributed by atoms with van der Waals surface area (Å²) in [6.07, 6.45) is 9.89. The molecule has 2 aliphatic rings. The number of hydrogen-bond donors (Lipinski definition) is 1. The fraction of sp³-hybridized carbons (Fsp3) is 0.611. The van der Waals surface area contributed by atoms with E-state index in [1.807, 2.05) is 0 Å². The van der Waals surface area contributed by atoms with Crippen molar-refractivity contribution in [2.24, 2.45) is 0 Å². The van der Waals surface area contributed by atoms with Gasteiger partial charge in [-0.3, -0.25) is 4.79 Å². The molecule has 6 nitrogen and oxygen atoms in total. The van der Waals surface area contributed by atoms with Gasteiger partial charge in [0.25, 0.3) is 5.91 Å². The Morgan fingerprint density at radius 1 is 1.25 bits per heavy atom. The van der Waals surface area contributed by atoms with E-state index in [2.05, 4.69) is 38.2 Å². The summed E-state index contributed by atoms with van der Waals surface area (Å²) in [5.74, 6) is 0.551. The normalized spacial score (nSPS) is 19.0. The van der Waals surface area contributed by atoms with Gasteiger partial charge in [0.2, 0.25) is 5.95 Å². The molecule has 1 aliphatic heterocycles. The number of allylic oxidation sites excluding steroid dienone is 1. The molecule has 1 amide bonds. The van der Waals surface area contributed by atoms with Crippen molar-refractivity contribution in [1.82, 2.24) is 20.2 Å². The zero-order valence-electron chi connectivity index (χ0n) is 14.5. The van der Waals surface area contributed by atoms with Crippen molar-refractivity contribution in [3.63, 3.8) is 0 Å². The summed E-state index contributed by atoms with van der Waals surface area (Å²) >= 11 is 0. The van der Waals surface area contributed by atoms with Crippen molar-refractivity contribution in [1.29, 1.82) is 0 Å². The first-order valence-electron chi connectivity index (χ1n) is 8.95. The van der Waals surface area contributed by atoms with Crippen LogP contribution >= 0.6 is 0 Å². The van der Waals surface area contributed by atoms with Crippen LogP contribution in [0.3, 0.4) is 0 Å². The van der Waals surface area contributed by atoms with E-state index in [1.165, 1.54) is 31.3 Å². The zero-order valence-corrected chi connectivity index (χ0v) is 14.5. The summed E-state index contributed by atoms with van der Waals surface area (Å²) in [6, 6.07) is 1.69. The first kappa shape index (κ1) is 16.9. The van der Waals surface area contributed by atoms with Gasteiger partial charge in [0, 0.05) is 38.9 Å². The number of carbonyl (C=O) groups is 1. The third-order valence-electron chi connectivity index (χ3n) is 4.78. The van der Waals surface area contributed by atoms with Crippen LogP contribution in [0, 0.1) is 0 Å². The van der Waals surface area contributed by atoms with Crippen LogP contribution < -0.4 is 10.2 Å². The number of rotatable bonds is 5. The first-order valence-corrected chi connectivity index (χ1v) is 8.95. The highest BCUT2D eigenvalue weighted by Gasteiger charge is 2.18. The van der Waals surface area contributed by atoms with E-state index in [0.717, 1.165) is 32.6 Å². The van der Waals surface area contributed by atoms with Crippen LogP contribution in [0.5, 0.6) is 0 Å². The Balaban J connectivity index is 1.53. The minimum absolute atomic E-state index is 0.107. The molecule has 1 aliphatic carbocycles. The predicted octanol–water partition coefficient (Wildman–Crippen LogP) is 1.85. The summed E-state index contributed by atoms with van der Waals surface area (Å²) in [5, 5.41) is 2.99. The first-order chi connectivity index (χ1) is 11.7. The molecule has 24 heavy (non-hydrogen) atoms. The number of nitrogens with zero attached hydrogens (tertiary/aromatic N) is 4. The lowest BCUT2D eigenvalue weighted by Crippen LogP contribution is -2.45. The smallest absolute Gasteiger partial charge is 0.270 e. The van der Waals surface area contributed by atoms with Gasteiger partial charge in [-0.2, -0.15) is 0 Å². The number of carbonyl (C=O) groups excluding carboxylic acids is 1. The van der Waals surface area contributed by atoms with Crippen LogP contribution in [0.2, 0.25) is 0 Å². The highest BCUT2D eigenvalue weighted by molar-refractivity contribution is 5.92. The lowest BCUT2D eigenvalue weighted by Gasteiger charge is -2.32. The van der Waals surface area contributed by atoms with Gasteiger partial charge in [0.15, 0.2) is 0 Å². The molecule has 2 heterocycles. The molecule has 0 unspecified atom stereocenters. The monoisotopic (exact) mass is 329 g/mol. The van der Waals surface area contributed by atoms with Crippen molar-refractivity contribution in [3.05, 3.63) is 29.6 Å². The van der Waals surface area contributed by atoms with Crippen LogP contribution in [-0.4, -0.2) is 60.5 Å². The average Bonchev–Trinajstić information content (AvgIpc) is 2.63. The van der Waals surface area contributed by atoms with Gasteiger partial charge < -0.3 is 15.1 Å². The molecule has 1 N–H and O–H groups in total. The molecule has 0 aromatic carbocycles. The molecule has 1 fully saturated rings. The van der Waals surface area contributed by atoms with E-state index in [1.54, 1.807) is 12.3 Å². The molecule has 1 aromatic heterocycles. The van der Waals surface area contributed by atoms with Crippen molar-refractivity contribution in [3.8, 4) is 0 Å². The van der Waals surface area contributed by atoms with Gasteiger partial charge in [-0.15, -0.1) is 0 Å².